The molecule has 0 aromatic heterocycles. The second-order valence-electron chi connectivity index (χ2n) is 7.42. The first-order valence-electron chi connectivity index (χ1n) is 11.0. The fourth-order valence-electron chi connectivity index (χ4n) is 3.14. The largest absolute Gasteiger partial charge is 0.466 e. The van der Waals surface area contributed by atoms with Gasteiger partial charge in [0.1, 0.15) is 5.92 Å². The molecule has 1 unspecified atom stereocenters. The molecule has 174 valence electrons. The highest BCUT2D eigenvalue weighted by molar-refractivity contribution is 6.42. The summed E-state index contributed by atoms with van der Waals surface area (Å²) in [7, 11) is 0. The average Bonchev–Trinajstić information content (AvgIpc) is 2.73. The lowest BCUT2D eigenvalue weighted by Gasteiger charge is -2.27. The summed E-state index contributed by atoms with van der Waals surface area (Å²) in [6.45, 7) is 7.19. The second kappa shape index (κ2) is 15.1. The maximum absolute atomic E-state index is 13.3. The van der Waals surface area contributed by atoms with E-state index in [2.05, 4.69) is 19.2 Å². The van der Waals surface area contributed by atoms with Crippen molar-refractivity contribution in [2.24, 2.45) is 5.92 Å². The molecule has 1 aromatic rings. The first-order chi connectivity index (χ1) is 14.8. The van der Waals surface area contributed by atoms with Crippen molar-refractivity contribution in [3.63, 3.8) is 0 Å². The maximum atomic E-state index is 13.3. The van der Waals surface area contributed by atoms with Crippen molar-refractivity contribution in [1.82, 2.24) is 4.90 Å². The highest BCUT2D eigenvalue weighted by Crippen LogP contribution is 2.26. The van der Waals surface area contributed by atoms with Gasteiger partial charge in [-0.2, -0.15) is 0 Å². The van der Waals surface area contributed by atoms with E-state index >= 15 is 0 Å². The molecule has 0 bridgehead atoms. The van der Waals surface area contributed by atoms with Crippen LogP contribution in [0.1, 0.15) is 65.7 Å². The molecule has 31 heavy (non-hydrogen) atoms. The standard InChI is InChI=1S/C23H34Cl2N2O4/c1-4-7-9-13-27(14-10-8-5-2)23(30)18(16-21(28)31-6-3)22(29)26-17-11-12-19(24)20(25)15-17/h11-12,15,18H,4-10,13-14,16H2,1-3H3,(H,26,29). The zero-order chi connectivity index (χ0) is 23.2. The third-order valence-corrected chi connectivity index (χ3v) is 5.59. The summed E-state index contributed by atoms with van der Waals surface area (Å²) in [5.41, 5.74) is 0.407. The summed E-state index contributed by atoms with van der Waals surface area (Å²) in [6, 6.07) is 4.66. The average molecular weight is 473 g/mol. The van der Waals surface area contributed by atoms with Crippen LogP contribution in [0.5, 0.6) is 0 Å². The number of halogens is 2. The van der Waals surface area contributed by atoms with Crippen molar-refractivity contribution in [3.05, 3.63) is 28.2 Å². The number of unbranched alkanes of at least 4 members (excludes halogenated alkanes) is 4. The highest BCUT2D eigenvalue weighted by atomic mass is 35.5. The molecule has 0 spiro atoms. The fourth-order valence-corrected chi connectivity index (χ4v) is 3.44. The minimum absolute atomic E-state index is 0.185. The fraction of sp³-hybridized carbons (Fsp3) is 0.609. The molecule has 1 aromatic carbocycles. The van der Waals surface area contributed by atoms with E-state index in [1.54, 1.807) is 24.0 Å². The van der Waals surface area contributed by atoms with Gasteiger partial charge in [0, 0.05) is 18.8 Å². The molecule has 1 atom stereocenters. The first kappa shape index (κ1) is 27.2. The molecular formula is C23H34Cl2N2O4. The summed E-state index contributed by atoms with van der Waals surface area (Å²) in [5, 5.41) is 3.33. The molecule has 0 aliphatic carbocycles. The molecule has 0 fully saturated rings. The number of nitrogens with zero attached hydrogens (tertiary/aromatic N) is 1. The molecule has 2 amide bonds. The van der Waals surface area contributed by atoms with Crippen LogP contribution in [0.2, 0.25) is 10.0 Å². The summed E-state index contributed by atoms with van der Waals surface area (Å²) in [5.74, 6) is -2.66. The van der Waals surface area contributed by atoms with Gasteiger partial charge < -0.3 is 15.0 Å². The van der Waals surface area contributed by atoms with Crippen LogP contribution in [0.25, 0.3) is 0 Å². The SMILES string of the molecule is CCCCCN(CCCCC)C(=O)C(CC(=O)OCC)C(=O)Nc1ccc(Cl)c(Cl)c1. The Kier molecular flexibility index (Phi) is 13.3. The summed E-state index contributed by atoms with van der Waals surface area (Å²) < 4.78 is 5.01. The lowest BCUT2D eigenvalue weighted by atomic mass is 10.0. The minimum atomic E-state index is -1.17. The van der Waals surface area contributed by atoms with Crippen molar-refractivity contribution in [3.8, 4) is 0 Å². The van der Waals surface area contributed by atoms with E-state index in [-0.39, 0.29) is 24.0 Å². The van der Waals surface area contributed by atoms with Crippen LogP contribution in [0.15, 0.2) is 18.2 Å². The molecule has 1 rings (SSSR count). The highest BCUT2D eigenvalue weighted by Gasteiger charge is 2.33. The lowest BCUT2D eigenvalue weighted by molar-refractivity contribution is -0.151. The maximum Gasteiger partial charge on any atom is 0.307 e. The summed E-state index contributed by atoms with van der Waals surface area (Å²) in [6.07, 6.45) is 5.45. The first-order valence-corrected chi connectivity index (χ1v) is 11.8. The van der Waals surface area contributed by atoms with E-state index in [1.165, 1.54) is 6.07 Å². The number of esters is 1. The van der Waals surface area contributed by atoms with Gasteiger partial charge in [0.05, 0.1) is 23.1 Å². The van der Waals surface area contributed by atoms with Gasteiger partial charge in [-0.1, -0.05) is 62.7 Å². The van der Waals surface area contributed by atoms with E-state index in [1.807, 2.05) is 0 Å². The number of amides is 2. The van der Waals surface area contributed by atoms with Crippen LogP contribution in [0, 0.1) is 5.92 Å². The van der Waals surface area contributed by atoms with E-state index in [4.69, 9.17) is 27.9 Å². The zero-order valence-corrected chi connectivity index (χ0v) is 20.2. The van der Waals surface area contributed by atoms with Gasteiger partial charge in [0.25, 0.3) is 0 Å². The van der Waals surface area contributed by atoms with Gasteiger partial charge >= 0.3 is 5.97 Å². The van der Waals surface area contributed by atoms with Crippen molar-refractivity contribution in [2.45, 2.75) is 65.7 Å². The molecular weight excluding hydrogens is 439 g/mol. The van der Waals surface area contributed by atoms with Crippen LogP contribution in [0.3, 0.4) is 0 Å². The molecule has 8 heteroatoms. The van der Waals surface area contributed by atoms with Gasteiger partial charge in [-0.15, -0.1) is 0 Å². The topological polar surface area (TPSA) is 75.7 Å². The number of ether oxygens (including phenoxy) is 1. The number of anilines is 1. The number of carbonyl (C=O) groups excluding carboxylic acids is 3. The molecule has 1 N–H and O–H groups in total. The third kappa shape index (κ3) is 9.92. The Balaban J connectivity index is 3.04. The van der Waals surface area contributed by atoms with Gasteiger partial charge in [-0.05, 0) is 38.0 Å². The Morgan fingerprint density at radius 3 is 2.10 bits per heavy atom. The van der Waals surface area contributed by atoms with Crippen LogP contribution in [-0.4, -0.2) is 42.4 Å². The van der Waals surface area contributed by atoms with Crippen molar-refractivity contribution in [1.29, 1.82) is 0 Å². The number of rotatable bonds is 14. The molecule has 0 radical (unpaired) electrons. The molecule has 0 saturated heterocycles. The Bertz CT molecular complexity index is 718. The molecule has 0 aliphatic rings. The zero-order valence-electron chi connectivity index (χ0n) is 18.7. The predicted octanol–water partition coefficient (Wildman–Crippen LogP) is 5.71. The van der Waals surface area contributed by atoms with Crippen molar-refractivity contribution in [2.75, 3.05) is 25.0 Å². The van der Waals surface area contributed by atoms with Crippen molar-refractivity contribution >= 4 is 46.7 Å². The monoisotopic (exact) mass is 472 g/mol. The van der Waals surface area contributed by atoms with E-state index < -0.39 is 17.8 Å². The van der Waals surface area contributed by atoms with Gasteiger partial charge in [0.15, 0.2) is 0 Å². The predicted molar refractivity (Wildman–Crippen MR) is 125 cm³/mol. The Morgan fingerprint density at radius 2 is 1.58 bits per heavy atom. The number of nitrogens with one attached hydrogen (secondary N) is 1. The summed E-state index contributed by atoms with van der Waals surface area (Å²) >= 11 is 12.0. The summed E-state index contributed by atoms with van der Waals surface area (Å²) in [4.78, 5) is 40.2. The van der Waals surface area contributed by atoms with Crippen LogP contribution < -0.4 is 5.32 Å². The normalized spacial score (nSPS) is 11.6. The Labute approximate surface area is 195 Å². The quantitative estimate of drug-likeness (QED) is 0.213. The van der Waals surface area contributed by atoms with E-state index in [9.17, 15) is 14.4 Å². The second-order valence-corrected chi connectivity index (χ2v) is 8.23. The molecule has 0 aliphatic heterocycles. The lowest BCUT2D eigenvalue weighted by Crippen LogP contribution is -2.43. The molecule has 0 heterocycles. The van der Waals surface area contributed by atoms with Crippen LogP contribution in [0.4, 0.5) is 5.69 Å². The minimum Gasteiger partial charge on any atom is -0.466 e. The van der Waals surface area contributed by atoms with E-state index in [0.29, 0.717) is 23.8 Å². The molecule has 0 saturated carbocycles. The Hall–Kier alpha value is -1.79. The van der Waals surface area contributed by atoms with Gasteiger partial charge in [0.2, 0.25) is 11.8 Å². The van der Waals surface area contributed by atoms with Crippen molar-refractivity contribution < 1.29 is 19.1 Å². The van der Waals surface area contributed by atoms with Crippen LogP contribution in [-0.2, 0) is 19.1 Å². The number of carbonyl (C=O) groups is 3. The Morgan fingerprint density at radius 1 is 0.968 bits per heavy atom. The number of hydrogen-bond acceptors (Lipinski definition) is 4. The van der Waals surface area contributed by atoms with E-state index in [0.717, 1.165) is 38.5 Å². The molecule has 6 nitrogen and oxygen atoms in total. The smallest absolute Gasteiger partial charge is 0.307 e. The van der Waals surface area contributed by atoms with Gasteiger partial charge in [-0.25, -0.2) is 0 Å². The third-order valence-electron chi connectivity index (χ3n) is 4.85. The number of benzene rings is 1. The van der Waals surface area contributed by atoms with Crippen LogP contribution >= 0.6 is 23.2 Å². The van der Waals surface area contributed by atoms with Gasteiger partial charge in [-0.3, -0.25) is 14.4 Å². The number of hydrogen-bond donors (Lipinski definition) is 1.